The van der Waals surface area contributed by atoms with E-state index in [0.29, 0.717) is 12.5 Å². The standard InChI is InChI=1S/C15H26N4O.HI/c1-11(2)18-15(16)17-10-14(19(3)4)12-6-8-13(20-5)9-7-12;/h6-9,11,14H,10H2,1-5H3,(H3,16,17,18);1H. The average Bonchev–Trinajstić information content (AvgIpc) is 2.38. The molecular formula is C15H27IN4O. The lowest BCUT2D eigenvalue weighted by molar-refractivity contribution is 0.306. The van der Waals surface area contributed by atoms with Crippen LogP contribution in [0.15, 0.2) is 29.3 Å². The molecule has 0 aromatic heterocycles. The summed E-state index contributed by atoms with van der Waals surface area (Å²) in [6.07, 6.45) is 0. The number of nitrogens with two attached hydrogens (primary N) is 1. The highest BCUT2D eigenvalue weighted by molar-refractivity contribution is 14.0. The maximum atomic E-state index is 5.85. The van der Waals surface area contributed by atoms with E-state index in [1.807, 2.05) is 40.1 Å². The van der Waals surface area contributed by atoms with Gasteiger partial charge in [-0.2, -0.15) is 0 Å². The Hall–Kier alpha value is -1.02. The number of ether oxygens (including phenoxy) is 1. The molecule has 0 bridgehead atoms. The number of likely N-dealkylation sites (N-methyl/N-ethyl adjacent to an activating group) is 1. The van der Waals surface area contributed by atoms with Gasteiger partial charge in [0.05, 0.1) is 19.7 Å². The van der Waals surface area contributed by atoms with Crippen molar-refractivity contribution in [3.05, 3.63) is 29.8 Å². The van der Waals surface area contributed by atoms with Crippen LogP contribution in [0.2, 0.25) is 0 Å². The molecule has 1 unspecified atom stereocenters. The Kier molecular flexibility index (Phi) is 9.36. The summed E-state index contributed by atoms with van der Waals surface area (Å²) in [7, 11) is 5.74. The molecule has 0 aliphatic rings. The molecule has 3 N–H and O–H groups in total. The molecule has 0 saturated carbocycles. The zero-order valence-corrected chi connectivity index (χ0v) is 15.8. The fraction of sp³-hybridized carbons (Fsp3) is 0.533. The topological polar surface area (TPSA) is 62.9 Å². The number of halogens is 1. The summed E-state index contributed by atoms with van der Waals surface area (Å²) < 4.78 is 5.18. The predicted molar refractivity (Wildman–Crippen MR) is 99.6 cm³/mol. The molecule has 1 aromatic rings. The second kappa shape index (κ2) is 9.83. The fourth-order valence-corrected chi connectivity index (χ4v) is 1.92. The van der Waals surface area contributed by atoms with Crippen molar-refractivity contribution in [2.75, 3.05) is 27.7 Å². The van der Waals surface area contributed by atoms with E-state index < -0.39 is 0 Å². The number of hydrogen-bond donors (Lipinski definition) is 2. The summed E-state index contributed by atoms with van der Waals surface area (Å²) in [4.78, 5) is 6.55. The van der Waals surface area contributed by atoms with Gasteiger partial charge in [0, 0.05) is 6.04 Å². The third kappa shape index (κ3) is 6.99. The second-order valence-corrected chi connectivity index (χ2v) is 5.28. The molecule has 0 saturated heterocycles. The molecular weight excluding hydrogens is 379 g/mol. The van der Waals surface area contributed by atoms with Crippen molar-refractivity contribution in [3.8, 4) is 5.75 Å². The summed E-state index contributed by atoms with van der Waals surface area (Å²) in [6.45, 7) is 4.69. The summed E-state index contributed by atoms with van der Waals surface area (Å²) in [6, 6.07) is 8.53. The van der Waals surface area contributed by atoms with Crippen molar-refractivity contribution in [2.24, 2.45) is 10.7 Å². The quantitative estimate of drug-likeness (QED) is 0.432. The Morgan fingerprint density at radius 1 is 1.29 bits per heavy atom. The van der Waals surface area contributed by atoms with E-state index in [9.17, 15) is 0 Å². The molecule has 120 valence electrons. The highest BCUT2D eigenvalue weighted by Crippen LogP contribution is 2.21. The smallest absolute Gasteiger partial charge is 0.188 e. The molecule has 5 nitrogen and oxygen atoms in total. The SMILES string of the molecule is COc1ccc(C(CN=C(N)NC(C)C)N(C)C)cc1.I. The van der Waals surface area contributed by atoms with E-state index in [1.54, 1.807) is 7.11 Å². The highest BCUT2D eigenvalue weighted by Gasteiger charge is 2.13. The van der Waals surface area contributed by atoms with Crippen LogP contribution in [-0.4, -0.2) is 44.7 Å². The van der Waals surface area contributed by atoms with Crippen molar-refractivity contribution >= 4 is 29.9 Å². The highest BCUT2D eigenvalue weighted by atomic mass is 127. The molecule has 0 aliphatic carbocycles. The van der Waals surface area contributed by atoms with E-state index in [2.05, 4.69) is 27.3 Å². The fourth-order valence-electron chi connectivity index (χ4n) is 1.92. The van der Waals surface area contributed by atoms with Crippen molar-refractivity contribution < 1.29 is 4.74 Å². The van der Waals surface area contributed by atoms with Gasteiger partial charge in [-0.05, 0) is 45.6 Å². The van der Waals surface area contributed by atoms with Gasteiger partial charge in [-0.15, -0.1) is 24.0 Å². The number of aliphatic imine (C=N–C) groups is 1. The largest absolute Gasteiger partial charge is 0.497 e. The van der Waals surface area contributed by atoms with Gasteiger partial charge in [0.25, 0.3) is 0 Å². The minimum Gasteiger partial charge on any atom is -0.497 e. The van der Waals surface area contributed by atoms with E-state index >= 15 is 0 Å². The minimum absolute atomic E-state index is 0. The van der Waals surface area contributed by atoms with Crippen LogP contribution in [-0.2, 0) is 0 Å². The van der Waals surface area contributed by atoms with Gasteiger partial charge in [0.15, 0.2) is 5.96 Å². The summed E-state index contributed by atoms with van der Waals surface area (Å²) in [5.74, 6) is 1.34. The number of benzene rings is 1. The van der Waals surface area contributed by atoms with Crippen LogP contribution >= 0.6 is 24.0 Å². The van der Waals surface area contributed by atoms with Crippen LogP contribution in [0.3, 0.4) is 0 Å². The predicted octanol–water partition coefficient (Wildman–Crippen LogP) is 2.23. The lowest BCUT2D eigenvalue weighted by Gasteiger charge is -2.23. The van der Waals surface area contributed by atoms with Crippen molar-refractivity contribution in [2.45, 2.75) is 25.9 Å². The van der Waals surface area contributed by atoms with Gasteiger partial charge in [-0.1, -0.05) is 12.1 Å². The van der Waals surface area contributed by atoms with E-state index in [1.165, 1.54) is 5.56 Å². The van der Waals surface area contributed by atoms with Gasteiger partial charge >= 0.3 is 0 Å². The summed E-state index contributed by atoms with van der Waals surface area (Å²) in [5.41, 5.74) is 7.04. The van der Waals surface area contributed by atoms with Crippen LogP contribution in [0.4, 0.5) is 0 Å². The normalized spacial score (nSPS) is 13.0. The van der Waals surface area contributed by atoms with Crippen LogP contribution in [0.25, 0.3) is 0 Å². The average molecular weight is 406 g/mol. The summed E-state index contributed by atoms with van der Waals surface area (Å²) in [5, 5.41) is 3.10. The monoisotopic (exact) mass is 406 g/mol. The molecule has 0 amide bonds. The Morgan fingerprint density at radius 3 is 2.29 bits per heavy atom. The maximum Gasteiger partial charge on any atom is 0.188 e. The van der Waals surface area contributed by atoms with E-state index in [4.69, 9.17) is 10.5 Å². The van der Waals surface area contributed by atoms with Crippen molar-refractivity contribution in [1.29, 1.82) is 0 Å². The maximum absolute atomic E-state index is 5.85. The second-order valence-electron chi connectivity index (χ2n) is 5.28. The molecule has 6 heteroatoms. The van der Waals surface area contributed by atoms with Gasteiger partial charge in [-0.25, -0.2) is 0 Å². The van der Waals surface area contributed by atoms with E-state index in [0.717, 1.165) is 5.75 Å². The summed E-state index contributed by atoms with van der Waals surface area (Å²) >= 11 is 0. The van der Waals surface area contributed by atoms with Crippen molar-refractivity contribution in [1.82, 2.24) is 10.2 Å². The third-order valence-corrected chi connectivity index (χ3v) is 3.00. The first-order chi connectivity index (χ1) is 9.43. The number of nitrogens with zero attached hydrogens (tertiary/aromatic N) is 2. The Labute approximate surface area is 145 Å². The van der Waals surface area contributed by atoms with Gasteiger partial charge in [-0.3, -0.25) is 4.99 Å². The number of guanidine groups is 1. The molecule has 21 heavy (non-hydrogen) atoms. The third-order valence-electron chi connectivity index (χ3n) is 3.00. The number of nitrogens with one attached hydrogen (secondary N) is 1. The van der Waals surface area contributed by atoms with Crippen LogP contribution in [0.5, 0.6) is 5.75 Å². The zero-order valence-electron chi connectivity index (χ0n) is 13.5. The first kappa shape index (κ1) is 20.0. The number of rotatable bonds is 6. The molecule has 0 radical (unpaired) electrons. The van der Waals surface area contributed by atoms with Crippen molar-refractivity contribution in [3.63, 3.8) is 0 Å². The van der Waals surface area contributed by atoms with E-state index in [-0.39, 0.29) is 36.1 Å². The number of methoxy groups -OCH3 is 1. The Balaban J connectivity index is 0.00000400. The molecule has 0 spiro atoms. The number of hydrogen-bond acceptors (Lipinski definition) is 3. The molecule has 0 fully saturated rings. The van der Waals surface area contributed by atoms with Gasteiger partial charge in [0.2, 0.25) is 0 Å². The first-order valence-electron chi connectivity index (χ1n) is 6.81. The Bertz CT molecular complexity index is 432. The molecule has 1 atom stereocenters. The lowest BCUT2D eigenvalue weighted by atomic mass is 10.1. The molecule has 1 rings (SSSR count). The zero-order chi connectivity index (χ0) is 15.1. The van der Waals surface area contributed by atoms with Crippen LogP contribution < -0.4 is 15.8 Å². The molecule has 0 aliphatic heterocycles. The Morgan fingerprint density at radius 2 is 1.86 bits per heavy atom. The van der Waals surface area contributed by atoms with Crippen LogP contribution in [0.1, 0.15) is 25.5 Å². The minimum atomic E-state index is 0. The van der Waals surface area contributed by atoms with Crippen LogP contribution in [0, 0.1) is 0 Å². The lowest BCUT2D eigenvalue weighted by Crippen LogP contribution is -2.37. The van der Waals surface area contributed by atoms with Gasteiger partial charge < -0.3 is 20.7 Å². The van der Waals surface area contributed by atoms with Gasteiger partial charge in [0.1, 0.15) is 5.75 Å². The molecule has 1 aromatic carbocycles. The first-order valence-corrected chi connectivity index (χ1v) is 6.81. The molecule has 0 heterocycles.